The molecule has 4 heteroatoms. The summed E-state index contributed by atoms with van der Waals surface area (Å²) in [6.07, 6.45) is 2.05. The lowest BCUT2D eigenvalue weighted by atomic mass is 10.1. The molecule has 1 aromatic rings. The van der Waals surface area contributed by atoms with E-state index < -0.39 is 8.32 Å². The Morgan fingerprint density at radius 2 is 1.89 bits per heavy atom. The lowest BCUT2D eigenvalue weighted by Crippen LogP contribution is -2.39. The van der Waals surface area contributed by atoms with Crippen LogP contribution in [0.15, 0.2) is 27.8 Å². The monoisotopic (exact) mass is 339 g/mol. The van der Waals surface area contributed by atoms with Crippen LogP contribution in [-0.4, -0.2) is 14.0 Å². The Bertz CT molecular complexity index is 517. The second-order valence-corrected chi connectivity index (χ2v) is 12.3. The zero-order valence-corrected chi connectivity index (χ0v) is 15.0. The SMILES string of the molecule is CC(C)(C)[Si](C)(C)ON=C1CCc2cc(Br)ccc21. The first-order valence-corrected chi connectivity index (χ1v) is 10.4. The Hall–Kier alpha value is -0.613. The van der Waals surface area contributed by atoms with E-state index in [1.165, 1.54) is 11.1 Å². The summed E-state index contributed by atoms with van der Waals surface area (Å²) in [6, 6.07) is 6.40. The highest BCUT2D eigenvalue weighted by Gasteiger charge is 2.40. The topological polar surface area (TPSA) is 21.6 Å². The van der Waals surface area contributed by atoms with Crippen LogP contribution >= 0.6 is 15.9 Å². The van der Waals surface area contributed by atoms with E-state index in [9.17, 15) is 0 Å². The van der Waals surface area contributed by atoms with E-state index >= 15 is 0 Å². The van der Waals surface area contributed by atoms with Crippen molar-refractivity contribution in [2.24, 2.45) is 5.16 Å². The van der Waals surface area contributed by atoms with Gasteiger partial charge in [0, 0.05) is 10.0 Å². The summed E-state index contributed by atoms with van der Waals surface area (Å²) in [5, 5.41) is 4.69. The van der Waals surface area contributed by atoms with Gasteiger partial charge in [0.25, 0.3) is 8.32 Å². The number of oxime groups is 1. The third-order valence-corrected chi connectivity index (χ3v) is 8.85. The standard InChI is InChI=1S/C15H22BrNOSi/c1-15(2,3)19(4,5)18-17-14-9-6-11-10-12(16)7-8-13(11)14/h7-8,10H,6,9H2,1-5H3. The molecular weight excluding hydrogens is 318 g/mol. The van der Waals surface area contributed by atoms with Crippen molar-refractivity contribution in [1.29, 1.82) is 0 Å². The van der Waals surface area contributed by atoms with E-state index in [2.05, 4.69) is 73.1 Å². The largest absolute Gasteiger partial charge is 0.455 e. The summed E-state index contributed by atoms with van der Waals surface area (Å²) in [4.78, 5) is 0. The van der Waals surface area contributed by atoms with Crippen molar-refractivity contribution in [3.8, 4) is 0 Å². The molecule has 0 spiro atoms. The van der Waals surface area contributed by atoms with Gasteiger partial charge in [0.15, 0.2) is 0 Å². The minimum atomic E-state index is -1.80. The van der Waals surface area contributed by atoms with Gasteiger partial charge in [-0.1, -0.05) is 42.8 Å². The molecule has 0 radical (unpaired) electrons. The maximum Gasteiger partial charge on any atom is 0.286 e. The van der Waals surface area contributed by atoms with E-state index in [-0.39, 0.29) is 5.04 Å². The van der Waals surface area contributed by atoms with Crippen LogP contribution in [0.5, 0.6) is 0 Å². The van der Waals surface area contributed by atoms with E-state index in [1.54, 1.807) is 0 Å². The van der Waals surface area contributed by atoms with Crippen molar-refractivity contribution < 1.29 is 4.53 Å². The number of hydrogen-bond acceptors (Lipinski definition) is 2. The van der Waals surface area contributed by atoms with Gasteiger partial charge < -0.3 is 4.53 Å². The average Bonchev–Trinajstić information content (AvgIpc) is 2.67. The maximum atomic E-state index is 5.98. The van der Waals surface area contributed by atoms with Gasteiger partial charge in [-0.25, -0.2) is 0 Å². The highest BCUT2D eigenvalue weighted by molar-refractivity contribution is 9.10. The van der Waals surface area contributed by atoms with Gasteiger partial charge in [0.1, 0.15) is 0 Å². The summed E-state index contributed by atoms with van der Waals surface area (Å²) in [7, 11) is -1.80. The molecule has 0 atom stereocenters. The molecule has 104 valence electrons. The molecule has 1 aliphatic carbocycles. The van der Waals surface area contributed by atoms with Crippen molar-refractivity contribution >= 4 is 30.0 Å². The fourth-order valence-corrected chi connectivity index (χ4v) is 2.86. The summed E-state index contributed by atoms with van der Waals surface area (Å²) in [6.45, 7) is 11.2. The molecule has 0 fully saturated rings. The molecule has 0 N–H and O–H groups in total. The number of halogens is 1. The molecular formula is C15H22BrNOSi. The summed E-state index contributed by atoms with van der Waals surface area (Å²) in [5.41, 5.74) is 3.72. The Morgan fingerprint density at radius 3 is 2.53 bits per heavy atom. The second-order valence-electron chi connectivity index (χ2n) is 6.69. The lowest BCUT2D eigenvalue weighted by Gasteiger charge is -2.33. The highest BCUT2D eigenvalue weighted by atomic mass is 79.9. The third kappa shape index (κ3) is 3.11. The predicted octanol–water partition coefficient (Wildman–Crippen LogP) is 5.12. The van der Waals surface area contributed by atoms with Crippen LogP contribution in [0.25, 0.3) is 0 Å². The Kier molecular flexibility index (Phi) is 3.94. The molecule has 2 nitrogen and oxygen atoms in total. The lowest BCUT2D eigenvalue weighted by molar-refractivity contribution is 0.307. The molecule has 1 aromatic carbocycles. The molecule has 19 heavy (non-hydrogen) atoms. The van der Waals surface area contributed by atoms with Gasteiger partial charge in [-0.05, 0) is 48.7 Å². The van der Waals surface area contributed by atoms with Crippen molar-refractivity contribution in [2.75, 3.05) is 0 Å². The van der Waals surface area contributed by atoms with Gasteiger partial charge in [0.2, 0.25) is 0 Å². The Balaban J connectivity index is 2.21. The summed E-state index contributed by atoms with van der Waals surface area (Å²) in [5.74, 6) is 0. The molecule has 0 unspecified atom stereocenters. The zero-order chi connectivity index (χ0) is 14.3. The fraction of sp³-hybridized carbons (Fsp3) is 0.533. The number of nitrogens with zero attached hydrogens (tertiary/aromatic N) is 1. The van der Waals surface area contributed by atoms with E-state index in [0.717, 1.165) is 23.0 Å². The van der Waals surface area contributed by atoms with Crippen molar-refractivity contribution in [3.63, 3.8) is 0 Å². The molecule has 0 aliphatic heterocycles. The van der Waals surface area contributed by atoms with Gasteiger partial charge in [0.05, 0.1) is 5.71 Å². The van der Waals surface area contributed by atoms with Gasteiger partial charge in [-0.15, -0.1) is 5.16 Å². The first kappa shape index (κ1) is 14.8. The highest BCUT2D eigenvalue weighted by Crippen LogP contribution is 2.37. The first-order valence-electron chi connectivity index (χ1n) is 6.74. The molecule has 0 amide bonds. The quantitative estimate of drug-likeness (QED) is 0.541. The van der Waals surface area contributed by atoms with Crippen molar-refractivity contribution in [3.05, 3.63) is 33.8 Å². The predicted molar refractivity (Wildman–Crippen MR) is 87.3 cm³/mol. The minimum absolute atomic E-state index is 0.193. The van der Waals surface area contributed by atoms with Crippen LogP contribution in [0.3, 0.4) is 0 Å². The first-order chi connectivity index (χ1) is 8.71. The summed E-state index contributed by atoms with van der Waals surface area (Å²) < 4.78 is 7.12. The fourth-order valence-electron chi connectivity index (χ4n) is 1.84. The molecule has 0 aromatic heterocycles. The normalized spacial score (nSPS) is 17.7. The molecule has 0 heterocycles. The van der Waals surface area contributed by atoms with E-state index in [4.69, 9.17) is 4.53 Å². The van der Waals surface area contributed by atoms with Crippen LogP contribution in [0, 0.1) is 0 Å². The van der Waals surface area contributed by atoms with E-state index in [0.29, 0.717) is 0 Å². The number of rotatable bonds is 2. The average molecular weight is 340 g/mol. The minimum Gasteiger partial charge on any atom is -0.455 e. The van der Waals surface area contributed by atoms with Gasteiger partial charge >= 0.3 is 0 Å². The molecule has 0 bridgehead atoms. The van der Waals surface area contributed by atoms with Crippen LogP contribution < -0.4 is 0 Å². The number of benzene rings is 1. The Labute approximate surface area is 125 Å². The molecule has 0 saturated heterocycles. The van der Waals surface area contributed by atoms with E-state index in [1.807, 2.05) is 0 Å². The number of hydrogen-bond donors (Lipinski definition) is 0. The molecule has 0 saturated carbocycles. The van der Waals surface area contributed by atoms with Crippen LogP contribution in [0.1, 0.15) is 38.3 Å². The molecule has 1 aliphatic rings. The van der Waals surface area contributed by atoms with Crippen LogP contribution in [0.4, 0.5) is 0 Å². The van der Waals surface area contributed by atoms with Gasteiger partial charge in [-0.3, -0.25) is 0 Å². The number of fused-ring (bicyclic) bond motifs is 1. The second kappa shape index (κ2) is 5.06. The smallest absolute Gasteiger partial charge is 0.286 e. The van der Waals surface area contributed by atoms with Crippen LogP contribution in [0.2, 0.25) is 18.1 Å². The molecule has 2 rings (SSSR count). The Morgan fingerprint density at radius 1 is 1.21 bits per heavy atom. The summed E-state index contributed by atoms with van der Waals surface area (Å²) >= 11 is 3.52. The van der Waals surface area contributed by atoms with Crippen molar-refractivity contribution in [1.82, 2.24) is 0 Å². The third-order valence-electron chi connectivity index (χ3n) is 4.20. The van der Waals surface area contributed by atoms with Crippen LogP contribution in [-0.2, 0) is 10.9 Å². The number of aryl methyl sites for hydroxylation is 1. The zero-order valence-electron chi connectivity index (χ0n) is 12.4. The van der Waals surface area contributed by atoms with Crippen molar-refractivity contribution in [2.45, 2.75) is 51.7 Å². The van der Waals surface area contributed by atoms with Gasteiger partial charge in [-0.2, -0.15) is 0 Å². The maximum absolute atomic E-state index is 5.98.